The lowest BCUT2D eigenvalue weighted by molar-refractivity contribution is 0.0590. The molecule has 3 heteroatoms. The highest BCUT2D eigenvalue weighted by Crippen LogP contribution is 2.17. The van der Waals surface area contributed by atoms with Crippen molar-refractivity contribution in [2.75, 3.05) is 26.9 Å². The van der Waals surface area contributed by atoms with Crippen LogP contribution in [0.4, 0.5) is 0 Å². The molecule has 0 saturated heterocycles. The molecule has 1 saturated carbocycles. The van der Waals surface area contributed by atoms with E-state index in [2.05, 4.69) is 12.2 Å². The van der Waals surface area contributed by atoms with E-state index in [1.807, 2.05) is 0 Å². The Morgan fingerprint density at radius 3 is 2.44 bits per heavy atom. The van der Waals surface area contributed by atoms with E-state index in [0.717, 1.165) is 6.61 Å². The molecule has 1 fully saturated rings. The Labute approximate surface area is 99.9 Å². The van der Waals surface area contributed by atoms with Crippen molar-refractivity contribution in [3.63, 3.8) is 0 Å². The second-order valence-electron chi connectivity index (χ2n) is 4.82. The van der Waals surface area contributed by atoms with Gasteiger partial charge in [-0.1, -0.05) is 25.7 Å². The van der Waals surface area contributed by atoms with Crippen molar-refractivity contribution in [2.45, 2.75) is 57.5 Å². The summed E-state index contributed by atoms with van der Waals surface area (Å²) in [6.07, 6.45) is 8.27. The fourth-order valence-corrected chi connectivity index (χ4v) is 2.30. The molecule has 1 aliphatic rings. The first-order chi connectivity index (χ1) is 7.83. The van der Waals surface area contributed by atoms with Crippen LogP contribution >= 0.6 is 0 Å². The van der Waals surface area contributed by atoms with Gasteiger partial charge in [0.25, 0.3) is 0 Å². The first kappa shape index (κ1) is 13.9. The molecule has 0 aromatic carbocycles. The summed E-state index contributed by atoms with van der Waals surface area (Å²) in [5.74, 6) is 0. The van der Waals surface area contributed by atoms with E-state index in [-0.39, 0.29) is 0 Å². The Balaban J connectivity index is 2.04. The zero-order valence-electron chi connectivity index (χ0n) is 10.8. The van der Waals surface area contributed by atoms with Crippen molar-refractivity contribution in [3.05, 3.63) is 0 Å². The first-order valence-corrected chi connectivity index (χ1v) is 6.65. The van der Waals surface area contributed by atoms with Gasteiger partial charge in [0.2, 0.25) is 0 Å². The van der Waals surface area contributed by atoms with Gasteiger partial charge in [-0.15, -0.1) is 0 Å². The van der Waals surface area contributed by atoms with Gasteiger partial charge in [-0.25, -0.2) is 0 Å². The summed E-state index contributed by atoms with van der Waals surface area (Å²) in [6, 6.07) is 1.17. The van der Waals surface area contributed by atoms with Crippen LogP contribution in [0.3, 0.4) is 0 Å². The predicted molar refractivity (Wildman–Crippen MR) is 66.8 cm³/mol. The summed E-state index contributed by atoms with van der Waals surface area (Å²) in [4.78, 5) is 0. The van der Waals surface area contributed by atoms with E-state index in [1.165, 1.54) is 38.5 Å². The van der Waals surface area contributed by atoms with Gasteiger partial charge >= 0.3 is 0 Å². The Morgan fingerprint density at radius 2 is 1.81 bits per heavy atom. The molecule has 0 aromatic rings. The van der Waals surface area contributed by atoms with Crippen molar-refractivity contribution in [3.8, 4) is 0 Å². The minimum Gasteiger partial charge on any atom is -0.382 e. The van der Waals surface area contributed by atoms with Crippen LogP contribution in [0.5, 0.6) is 0 Å². The molecule has 1 unspecified atom stereocenters. The minimum atomic E-state index is 0.458. The molecular formula is C13H27NO2. The molecule has 16 heavy (non-hydrogen) atoms. The van der Waals surface area contributed by atoms with Crippen LogP contribution in [0.1, 0.15) is 45.4 Å². The van der Waals surface area contributed by atoms with Gasteiger partial charge in [-0.3, -0.25) is 0 Å². The Kier molecular flexibility index (Phi) is 7.81. The number of rotatable bonds is 7. The number of methoxy groups -OCH3 is 1. The largest absolute Gasteiger partial charge is 0.382 e. The molecule has 0 aliphatic heterocycles. The molecule has 96 valence electrons. The summed E-state index contributed by atoms with van der Waals surface area (Å²) in [5.41, 5.74) is 0. The van der Waals surface area contributed by atoms with Crippen LogP contribution < -0.4 is 5.32 Å². The topological polar surface area (TPSA) is 30.5 Å². The van der Waals surface area contributed by atoms with Gasteiger partial charge in [0.1, 0.15) is 0 Å². The van der Waals surface area contributed by atoms with Gasteiger partial charge in [0.05, 0.1) is 19.8 Å². The average Bonchev–Trinajstić information content (AvgIpc) is 2.53. The van der Waals surface area contributed by atoms with Crippen LogP contribution in [0, 0.1) is 0 Å². The molecule has 0 heterocycles. The maximum Gasteiger partial charge on any atom is 0.0701 e. The van der Waals surface area contributed by atoms with Crippen molar-refractivity contribution in [1.82, 2.24) is 5.32 Å². The Morgan fingerprint density at radius 1 is 1.12 bits per heavy atom. The maximum atomic E-state index is 5.52. The number of ether oxygens (including phenoxy) is 2. The summed E-state index contributed by atoms with van der Waals surface area (Å²) < 4.78 is 10.5. The molecule has 1 aliphatic carbocycles. The van der Waals surface area contributed by atoms with Crippen molar-refractivity contribution >= 4 is 0 Å². The fourth-order valence-electron chi connectivity index (χ4n) is 2.30. The van der Waals surface area contributed by atoms with Crippen LogP contribution in [-0.4, -0.2) is 39.0 Å². The third-order valence-electron chi connectivity index (χ3n) is 3.18. The molecule has 3 nitrogen and oxygen atoms in total. The lowest BCUT2D eigenvalue weighted by atomic mass is 10.1. The molecule has 1 rings (SSSR count). The van der Waals surface area contributed by atoms with Crippen LogP contribution in [-0.2, 0) is 9.47 Å². The van der Waals surface area contributed by atoms with Gasteiger partial charge in [-0.2, -0.15) is 0 Å². The lowest BCUT2D eigenvalue weighted by Gasteiger charge is -2.21. The van der Waals surface area contributed by atoms with Crippen LogP contribution in [0.2, 0.25) is 0 Å². The van der Waals surface area contributed by atoms with E-state index in [9.17, 15) is 0 Å². The molecule has 0 spiro atoms. The van der Waals surface area contributed by atoms with E-state index in [4.69, 9.17) is 9.47 Å². The van der Waals surface area contributed by atoms with Crippen molar-refractivity contribution in [2.24, 2.45) is 0 Å². The monoisotopic (exact) mass is 229 g/mol. The second-order valence-corrected chi connectivity index (χ2v) is 4.82. The normalized spacial score (nSPS) is 20.6. The van der Waals surface area contributed by atoms with E-state index < -0.39 is 0 Å². The molecule has 0 bridgehead atoms. The number of nitrogens with one attached hydrogen (secondary N) is 1. The highest BCUT2D eigenvalue weighted by Gasteiger charge is 2.14. The highest BCUT2D eigenvalue weighted by molar-refractivity contribution is 4.73. The van der Waals surface area contributed by atoms with E-state index in [0.29, 0.717) is 25.3 Å². The third-order valence-corrected chi connectivity index (χ3v) is 3.18. The van der Waals surface area contributed by atoms with Crippen molar-refractivity contribution < 1.29 is 9.47 Å². The van der Waals surface area contributed by atoms with Crippen LogP contribution in [0.25, 0.3) is 0 Å². The lowest BCUT2D eigenvalue weighted by Crippen LogP contribution is -2.39. The van der Waals surface area contributed by atoms with Gasteiger partial charge in [0.15, 0.2) is 0 Å². The molecule has 0 aromatic heterocycles. The van der Waals surface area contributed by atoms with E-state index >= 15 is 0 Å². The summed E-state index contributed by atoms with van der Waals surface area (Å²) >= 11 is 0. The standard InChI is InChI=1S/C13H27NO2/c1-12(11-16-10-9-15-2)14-13-7-5-3-4-6-8-13/h12-14H,3-11H2,1-2H3. The van der Waals surface area contributed by atoms with Crippen molar-refractivity contribution in [1.29, 1.82) is 0 Å². The quantitative estimate of drug-likeness (QED) is 0.537. The van der Waals surface area contributed by atoms with Gasteiger partial charge in [-0.05, 0) is 19.8 Å². The summed E-state index contributed by atoms with van der Waals surface area (Å²) in [7, 11) is 1.70. The zero-order chi connectivity index (χ0) is 11.6. The summed E-state index contributed by atoms with van der Waals surface area (Å²) in [6.45, 7) is 4.39. The fraction of sp³-hybridized carbons (Fsp3) is 1.00. The molecule has 1 atom stereocenters. The maximum absolute atomic E-state index is 5.52. The first-order valence-electron chi connectivity index (χ1n) is 6.65. The highest BCUT2D eigenvalue weighted by atomic mass is 16.5. The molecule has 0 radical (unpaired) electrons. The average molecular weight is 229 g/mol. The van der Waals surface area contributed by atoms with E-state index in [1.54, 1.807) is 7.11 Å². The third kappa shape index (κ3) is 6.46. The van der Waals surface area contributed by atoms with Gasteiger partial charge < -0.3 is 14.8 Å². The number of hydrogen-bond donors (Lipinski definition) is 1. The number of hydrogen-bond acceptors (Lipinski definition) is 3. The predicted octanol–water partition coefficient (Wildman–Crippen LogP) is 2.35. The summed E-state index contributed by atoms with van der Waals surface area (Å²) in [5, 5.41) is 3.67. The zero-order valence-corrected chi connectivity index (χ0v) is 10.8. The van der Waals surface area contributed by atoms with Gasteiger partial charge in [0, 0.05) is 19.2 Å². The SMILES string of the molecule is COCCOCC(C)NC1CCCCCC1. The Bertz CT molecular complexity index is 156. The molecule has 1 N–H and O–H groups in total. The molecule has 0 amide bonds. The minimum absolute atomic E-state index is 0.458. The Hall–Kier alpha value is -0.120. The molecular weight excluding hydrogens is 202 g/mol. The smallest absolute Gasteiger partial charge is 0.0701 e. The second kappa shape index (κ2) is 8.97. The van der Waals surface area contributed by atoms with Crippen LogP contribution in [0.15, 0.2) is 0 Å².